The fourth-order valence-electron chi connectivity index (χ4n) is 5.97. The summed E-state index contributed by atoms with van der Waals surface area (Å²) in [6.07, 6.45) is 11.0. The summed E-state index contributed by atoms with van der Waals surface area (Å²) in [6.45, 7) is 4.73. The van der Waals surface area contributed by atoms with E-state index in [0.717, 1.165) is 0 Å². The van der Waals surface area contributed by atoms with Gasteiger partial charge in [-0.15, -0.1) is 0 Å². The van der Waals surface area contributed by atoms with E-state index in [0.29, 0.717) is 0 Å². The zero-order chi connectivity index (χ0) is 21.3. The van der Waals surface area contributed by atoms with E-state index >= 15 is 0 Å². The molecule has 0 radical (unpaired) electrons. The van der Waals surface area contributed by atoms with Gasteiger partial charge in [-0.2, -0.15) is 0 Å². The Kier molecular flexibility index (Phi) is 5.85. The van der Waals surface area contributed by atoms with Crippen LogP contribution in [0.2, 0.25) is 0 Å². The van der Waals surface area contributed by atoms with Crippen LogP contribution in [0.25, 0.3) is 32.7 Å². The number of rotatable bonds is 6. The zero-order valence-electron chi connectivity index (χ0n) is 19.1. The average molecular weight is 427 g/mol. The molecule has 0 aliphatic carbocycles. The van der Waals surface area contributed by atoms with Crippen LogP contribution in [0, 0.1) is 0 Å². The van der Waals surface area contributed by atoms with Crippen LogP contribution in [-0.2, 0) is 12.3 Å². The first-order valence-corrected chi connectivity index (χ1v) is 15.1. The molecule has 0 N–H and O–H groups in total. The second-order valence-electron chi connectivity index (χ2n) is 9.70. The second kappa shape index (κ2) is 8.76. The first-order valence-electron chi connectivity index (χ1n) is 12.3. The molecule has 0 fully saturated rings. The SMILES string of the molecule is CCCC[PH]1(CCCC)Cc2ccc3ccccc3c2-c2c(ccc3ccccc23)C1. The van der Waals surface area contributed by atoms with Gasteiger partial charge in [0.25, 0.3) is 0 Å². The fraction of sp³-hybridized carbons (Fsp3) is 0.333. The van der Waals surface area contributed by atoms with Gasteiger partial charge >= 0.3 is 188 Å². The number of benzene rings is 4. The van der Waals surface area contributed by atoms with E-state index in [1.807, 2.05) is 0 Å². The molecule has 0 unspecified atom stereocenters. The van der Waals surface area contributed by atoms with Crippen LogP contribution < -0.4 is 0 Å². The van der Waals surface area contributed by atoms with Gasteiger partial charge in [-0.25, -0.2) is 0 Å². The molecule has 4 aromatic carbocycles. The van der Waals surface area contributed by atoms with Gasteiger partial charge in [-0.1, -0.05) is 0 Å². The Balaban J connectivity index is 1.83. The molecule has 0 amide bonds. The molecule has 0 saturated heterocycles. The van der Waals surface area contributed by atoms with Crippen molar-refractivity contribution in [2.75, 3.05) is 12.3 Å². The van der Waals surface area contributed by atoms with E-state index in [4.69, 9.17) is 0 Å². The quantitative estimate of drug-likeness (QED) is 0.270. The summed E-state index contributed by atoms with van der Waals surface area (Å²) in [7, 11) is -1.45. The molecule has 1 heterocycles. The normalized spacial score (nSPS) is 15.9. The third-order valence-corrected chi connectivity index (χ3v) is 12.6. The van der Waals surface area contributed by atoms with E-state index < -0.39 is 7.26 Å². The van der Waals surface area contributed by atoms with Gasteiger partial charge in [0, 0.05) is 0 Å². The number of unbranched alkanes of at least 4 members (excludes halogenated alkanes) is 2. The molecule has 0 bridgehead atoms. The summed E-state index contributed by atoms with van der Waals surface area (Å²) in [5.41, 5.74) is 6.31. The molecule has 0 nitrogen and oxygen atoms in total. The molecule has 1 aliphatic rings. The third-order valence-electron chi connectivity index (χ3n) is 7.53. The minimum absolute atomic E-state index is 1.32. The Morgan fingerprint density at radius 2 is 1.03 bits per heavy atom. The monoisotopic (exact) mass is 426 g/mol. The van der Waals surface area contributed by atoms with Crippen molar-refractivity contribution in [3.05, 3.63) is 83.9 Å². The van der Waals surface area contributed by atoms with Gasteiger partial charge in [-0.3, -0.25) is 0 Å². The minimum atomic E-state index is -1.45. The van der Waals surface area contributed by atoms with Crippen molar-refractivity contribution in [3.8, 4) is 11.1 Å². The van der Waals surface area contributed by atoms with Gasteiger partial charge < -0.3 is 0 Å². The van der Waals surface area contributed by atoms with E-state index in [2.05, 4.69) is 86.6 Å². The summed E-state index contributed by atoms with van der Waals surface area (Å²) in [5, 5.41) is 5.62. The predicted molar refractivity (Wildman–Crippen MR) is 142 cm³/mol. The van der Waals surface area contributed by atoms with Crippen molar-refractivity contribution in [3.63, 3.8) is 0 Å². The molecular formula is C30H35P. The summed E-state index contributed by atoms with van der Waals surface area (Å²) < 4.78 is 0. The van der Waals surface area contributed by atoms with Crippen molar-refractivity contribution in [1.29, 1.82) is 0 Å². The first kappa shape index (κ1) is 20.7. The van der Waals surface area contributed by atoms with Gasteiger partial charge in [0.2, 0.25) is 0 Å². The average Bonchev–Trinajstić information content (AvgIpc) is 2.96. The van der Waals surface area contributed by atoms with Crippen molar-refractivity contribution in [2.24, 2.45) is 0 Å². The van der Waals surface area contributed by atoms with Gasteiger partial charge in [0.15, 0.2) is 0 Å². The van der Waals surface area contributed by atoms with Crippen LogP contribution >= 0.6 is 7.26 Å². The summed E-state index contributed by atoms with van der Waals surface area (Å²) in [4.78, 5) is 0. The molecule has 1 aliphatic heterocycles. The summed E-state index contributed by atoms with van der Waals surface area (Å²) in [6, 6.07) is 27.8. The fourth-order valence-corrected chi connectivity index (χ4v) is 11.5. The Morgan fingerprint density at radius 1 is 0.581 bits per heavy atom. The van der Waals surface area contributed by atoms with Crippen LogP contribution in [0.15, 0.2) is 72.8 Å². The van der Waals surface area contributed by atoms with E-state index in [9.17, 15) is 0 Å². The molecule has 0 aromatic heterocycles. The molecule has 31 heavy (non-hydrogen) atoms. The number of fused-ring (bicyclic) bond motifs is 7. The second-order valence-corrected chi connectivity index (χ2v) is 14.4. The van der Waals surface area contributed by atoms with Crippen molar-refractivity contribution in [2.45, 2.75) is 51.9 Å². The van der Waals surface area contributed by atoms with E-state index in [1.165, 1.54) is 83.0 Å². The van der Waals surface area contributed by atoms with E-state index in [1.54, 1.807) is 11.1 Å². The topological polar surface area (TPSA) is 0 Å². The van der Waals surface area contributed by atoms with Crippen molar-refractivity contribution in [1.82, 2.24) is 0 Å². The molecule has 4 aromatic rings. The number of hydrogen-bond acceptors (Lipinski definition) is 0. The van der Waals surface area contributed by atoms with Gasteiger partial charge in [-0.05, 0) is 0 Å². The standard InChI is InChI=1S/C30H35P/c1-3-5-19-31(20-6-4-2)21-25-17-15-23-11-7-9-13-27(23)29(25)30-26(22-31)18-16-24-12-8-10-14-28(24)30/h7-18,31H,3-6,19-22H2,1-2H3. The number of hydrogen-bond donors (Lipinski definition) is 0. The van der Waals surface area contributed by atoms with Crippen LogP contribution in [0.3, 0.4) is 0 Å². The molecule has 0 spiro atoms. The summed E-state index contributed by atoms with van der Waals surface area (Å²) in [5.74, 6) is 0. The molecule has 1 heteroatoms. The Morgan fingerprint density at radius 3 is 1.48 bits per heavy atom. The van der Waals surface area contributed by atoms with E-state index in [-0.39, 0.29) is 0 Å². The van der Waals surface area contributed by atoms with Crippen LogP contribution in [0.4, 0.5) is 0 Å². The summed E-state index contributed by atoms with van der Waals surface area (Å²) >= 11 is 0. The third kappa shape index (κ3) is 3.81. The maximum absolute atomic E-state index is 2.48. The Labute approximate surface area is 188 Å². The maximum atomic E-state index is 2.48. The molecule has 0 atom stereocenters. The first-order chi connectivity index (χ1) is 15.2. The van der Waals surface area contributed by atoms with Crippen LogP contribution in [0.5, 0.6) is 0 Å². The van der Waals surface area contributed by atoms with Crippen LogP contribution in [-0.4, -0.2) is 12.3 Å². The zero-order valence-corrected chi connectivity index (χ0v) is 20.1. The molecule has 5 rings (SSSR count). The van der Waals surface area contributed by atoms with Crippen LogP contribution in [0.1, 0.15) is 50.7 Å². The Hall–Kier alpha value is -2.17. The van der Waals surface area contributed by atoms with Gasteiger partial charge in [0.1, 0.15) is 0 Å². The predicted octanol–water partition coefficient (Wildman–Crippen LogP) is 9.02. The molecule has 160 valence electrons. The van der Waals surface area contributed by atoms with Gasteiger partial charge in [0.05, 0.1) is 0 Å². The Bertz CT molecular complexity index is 1120. The van der Waals surface area contributed by atoms with Crippen molar-refractivity contribution >= 4 is 28.8 Å². The molecule has 0 saturated carbocycles. The van der Waals surface area contributed by atoms with Crippen molar-refractivity contribution < 1.29 is 0 Å². The molecular weight excluding hydrogens is 391 g/mol.